The third-order valence-electron chi connectivity index (χ3n) is 4.04. The Morgan fingerprint density at radius 2 is 1.54 bits per heavy atom. The van der Waals surface area contributed by atoms with Crippen LogP contribution >= 0.6 is 0 Å². The van der Waals surface area contributed by atoms with Gasteiger partial charge in [0, 0.05) is 6.42 Å². The van der Waals surface area contributed by atoms with Crippen molar-refractivity contribution in [2.75, 3.05) is 27.9 Å². The van der Waals surface area contributed by atoms with Gasteiger partial charge in [0.15, 0.2) is 11.5 Å². The molecule has 7 heteroatoms. The molecule has 0 saturated carbocycles. The summed E-state index contributed by atoms with van der Waals surface area (Å²) in [5.41, 5.74) is 1.75. The van der Waals surface area contributed by atoms with Gasteiger partial charge in [-0.15, -0.1) is 0 Å². The van der Waals surface area contributed by atoms with Crippen LogP contribution in [0.2, 0.25) is 0 Å². The van der Waals surface area contributed by atoms with Crippen LogP contribution in [-0.2, 0) is 27.4 Å². The molecule has 0 aliphatic carbocycles. The lowest BCUT2D eigenvalue weighted by molar-refractivity contribution is -0.145. The van der Waals surface area contributed by atoms with Gasteiger partial charge in [0.2, 0.25) is 11.7 Å². The van der Waals surface area contributed by atoms with Crippen LogP contribution in [0.4, 0.5) is 0 Å². The lowest BCUT2D eigenvalue weighted by atomic mass is 10.1. The summed E-state index contributed by atoms with van der Waals surface area (Å²) in [5.74, 6) is 0.832. The number of benzene rings is 2. The number of ether oxygens (including phenoxy) is 4. The van der Waals surface area contributed by atoms with E-state index in [1.807, 2.05) is 30.3 Å². The van der Waals surface area contributed by atoms with Crippen molar-refractivity contribution in [3.63, 3.8) is 0 Å². The van der Waals surface area contributed by atoms with Crippen LogP contribution in [0.5, 0.6) is 17.2 Å². The molecule has 2 rings (SSSR count). The molecule has 0 radical (unpaired) electrons. The summed E-state index contributed by atoms with van der Waals surface area (Å²) in [4.78, 5) is 23.8. The molecular weight excluding hydrogens is 362 g/mol. The molecule has 0 atom stereocenters. The Kier molecular flexibility index (Phi) is 8.14. The number of nitrogens with one attached hydrogen (secondary N) is 1. The molecule has 150 valence electrons. The van der Waals surface area contributed by atoms with Gasteiger partial charge in [0.1, 0.15) is 13.2 Å². The van der Waals surface area contributed by atoms with E-state index >= 15 is 0 Å². The lowest BCUT2D eigenvalue weighted by Gasteiger charge is -2.14. The third kappa shape index (κ3) is 6.19. The maximum absolute atomic E-state index is 12.0. The van der Waals surface area contributed by atoms with Crippen LogP contribution in [-0.4, -0.2) is 39.8 Å². The molecule has 0 aliphatic heterocycles. The number of methoxy groups -OCH3 is 3. The average molecular weight is 387 g/mol. The predicted molar refractivity (Wildman–Crippen MR) is 104 cm³/mol. The fourth-order valence-electron chi connectivity index (χ4n) is 2.59. The zero-order valence-electron chi connectivity index (χ0n) is 16.3. The van der Waals surface area contributed by atoms with Crippen molar-refractivity contribution >= 4 is 11.9 Å². The van der Waals surface area contributed by atoms with Gasteiger partial charge in [-0.25, -0.2) is 0 Å². The molecule has 7 nitrogen and oxygen atoms in total. The Balaban J connectivity index is 1.79. The second kappa shape index (κ2) is 10.8. The Morgan fingerprint density at radius 3 is 2.11 bits per heavy atom. The first kappa shape index (κ1) is 21.1. The molecular formula is C21H25NO6. The zero-order valence-corrected chi connectivity index (χ0v) is 16.3. The van der Waals surface area contributed by atoms with Crippen LogP contribution in [0.3, 0.4) is 0 Å². The zero-order chi connectivity index (χ0) is 20.4. The topological polar surface area (TPSA) is 83.1 Å². The van der Waals surface area contributed by atoms with Gasteiger partial charge in [-0.2, -0.15) is 0 Å². The number of hydrogen-bond acceptors (Lipinski definition) is 6. The van der Waals surface area contributed by atoms with Crippen molar-refractivity contribution in [3.8, 4) is 17.2 Å². The van der Waals surface area contributed by atoms with Gasteiger partial charge < -0.3 is 24.3 Å². The van der Waals surface area contributed by atoms with E-state index in [0.29, 0.717) is 23.7 Å². The lowest BCUT2D eigenvalue weighted by Crippen LogP contribution is -2.30. The maximum Gasteiger partial charge on any atom is 0.325 e. The van der Waals surface area contributed by atoms with Gasteiger partial charge in [0.05, 0.1) is 21.3 Å². The van der Waals surface area contributed by atoms with Gasteiger partial charge in [-0.3, -0.25) is 9.59 Å². The van der Waals surface area contributed by atoms with Crippen molar-refractivity contribution in [1.29, 1.82) is 0 Å². The van der Waals surface area contributed by atoms with Gasteiger partial charge in [-0.05, 0) is 29.7 Å². The molecule has 1 N–H and O–H groups in total. The molecule has 0 fully saturated rings. The van der Waals surface area contributed by atoms with Gasteiger partial charge >= 0.3 is 5.97 Å². The molecule has 0 aliphatic rings. The Morgan fingerprint density at radius 1 is 0.893 bits per heavy atom. The summed E-state index contributed by atoms with van der Waals surface area (Å²) in [6.07, 6.45) is 0.673. The number of rotatable bonds is 10. The number of carbonyl (C=O) groups is 2. The summed E-state index contributed by atoms with van der Waals surface area (Å²) < 4.78 is 21.0. The molecule has 0 unspecified atom stereocenters. The summed E-state index contributed by atoms with van der Waals surface area (Å²) in [7, 11) is 4.61. The van der Waals surface area contributed by atoms with Crippen LogP contribution < -0.4 is 19.5 Å². The van der Waals surface area contributed by atoms with E-state index in [2.05, 4.69) is 5.32 Å². The summed E-state index contributed by atoms with van der Waals surface area (Å²) >= 11 is 0. The first-order valence-electron chi connectivity index (χ1n) is 8.82. The molecule has 0 heterocycles. The van der Waals surface area contributed by atoms with Crippen molar-refractivity contribution < 1.29 is 28.5 Å². The van der Waals surface area contributed by atoms with Crippen molar-refractivity contribution in [3.05, 3.63) is 53.6 Å². The van der Waals surface area contributed by atoms with E-state index in [1.165, 1.54) is 21.3 Å². The van der Waals surface area contributed by atoms with E-state index in [0.717, 1.165) is 11.1 Å². The Labute approximate surface area is 164 Å². The van der Waals surface area contributed by atoms with E-state index in [9.17, 15) is 9.59 Å². The molecule has 0 bridgehead atoms. The molecule has 1 amide bonds. The monoisotopic (exact) mass is 387 g/mol. The van der Waals surface area contributed by atoms with Crippen LogP contribution in [0, 0.1) is 0 Å². The highest BCUT2D eigenvalue weighted by Crippen LogP contribution is 2.38. The van der Waals surface area contributed by atoms with E-state index in [4.69, 9.17) is 18.9 Å². The largest absolute Gasteiger partial charge is 0.493 e. The smallest absolute Gasteiger partial charge is 0.325 e. The van der Waals surface area contributed by atoms with Crippen LogP contribution in [0.25, 0.3) is 0 Å². The highest BCUT2D eigenvalue weighted by Gasteiger charge is 2.14. The molecule has 0 spiro atoms. The summed E-state index contributed by atoms with van der Waals surface area (Å²) in [5, 5.41) is 2.57. The first-order chi connectivity index (χ1) is 13.6. The number of carbonyl (C=O) groups excluding carboxylic acids is 2. The molecule has 2 aromatic rings. The quantitative estimate of drug-likeness (QED) is 0.631. The number of hydrogen-bond donors (Lipinski definition) is 1. The highest BCUT2D eigenvalue weighted by molar-refractivity contribution is 5.82. The number of esters is 1. The summed E-state index contributed by atoms with van der Waals surface area (Å²) in [6.45, 7) is 0.0158. The third-order valence-corrected chi connectivity index (χ3v) is 4.04. The van der Waals surface area contributed by atoms with Gasteiger partial charge in [-0.1, -0.05) is 30.3 Å². The number of amides is 1. The van der Waals surface area contributed by atoms with Crippen molar-refractivity contribution in [2.45, 2.75) is 19.4 Å². The number of aryl methyl sites for hydroxylation is 1. The second-order valence-electron chi connectivity index (χ2n) is 5.96. The second-order valence-corrected chi connectivity index (χ2v) is 5.96. The standard InChI is InChI=1S/C21H25NO6/c1-25-17-11-16(12-18(26-2)21(17)27-3)9-10-19(23)22-13-20(24)28-14-15-7-5-4-6-8-15/h4-8,11-12H,9-10,13-14H2,1-3H3,(H,22,23). The fraction of sp³-hybridized carbons (Fsp3) is 0.333. The van der Waals surface area contributed by atoms with E-state index in [1.54, 1.807) is 12.1 Å². The molecule has 28 heavy (non-hydrogen) atoms. The summed E-state index contributed by atoms with van der Waals surface area (Å²) in [6, 6.07) is 12.9. The molecule has 0 aromatic heterocycles. The minimum Gasteiger partial charge on any atom is -0.493 e. The van der Waals surface area contributed by atoms with E-state index in [-0.39, 0.29) is 25.5 Å². The Hall–Kier alpha value is -3.22. The highest BCUT2D eigenvalue weighted by atomic mass is 16.5. The normalized spacial score (nSPS) is 10.1. The van der Waals surface area contributed by atoms with Gasteiger partial charge in [0.25, 0.3) is 0 Å². The van der Waals surface area contributed by atoms with Crippen LogP contribution in [0.15, 0.2) is 42.5 Å². The van der Waals surface area contributed by atoms with Crippen LogP contribution in [0.1, 0.15) is 17.5 Å². The predicted octanol–water partition coefficient (Wildman–Crippen LogP) is 2.50. The minimum atomic E-state index is -0.481. The van der Waals surface area contributed by atoms with Crippen molar-refractivity contribution in [2.24, 2.45) is 0 Å². The molecule has 0 saturated heterocycles. The first-order valence-corrected chi connectivity index (χ1v) is 8.82. The SMILES string of the molecule is COc1cc(CCC(=O)NCC(=O)OCc2ccccc2)cc(OC)c1OC. The Bertz CT molecular complexity index is 766. The average Bonchev–Trinajstić information content (AvgIpc) is 2.74. The maximum atomic E-state index is 12.0. The molecule has 2 aromatic carbocycles. The fourth-order valence-corrected chi connectivity index (χ4v) is 2.59. The minimum absolute atomic E-state index is 0.166. The van der Waals surface area contributed by atoms with Crippen molar-refractivity contribution in [1.82, 2.24) is 5.32 Å². The van der Waals surface area contributed by atoms with E-state index < -0.39 is 5.97 Å².